The van der Waals surface area contributed by atoms with E-state index in [1.165, 1.54) is 37.9 Å². The van der Waals surface area contributed by atoms with Crippen molar-refractivity contribution in [1.29, 1.82) is 0 Å². The number of hydrogen-bond acceptors (Lipinski definition) is 3. The molecule has 2 aliphatic rings. The molecule has 1 heterocycles. The van der Waals surface area contributed by atoms with E-state index < -0.39 is 0 Å². The minimum atomic E-state index is 0.740. The molecule has 0 aromatic carbocycles. The van der Waals surface area contributed by atoms with E-state index in [2.05, 4.69) is 35.8 Å². The highest BCUT2D eigenvalue weighted by Crippen LogP contribution is 2.19. The van der Waals surface area contributed by atoms with Crippen LogP contribution in [0.4, 0.5) is 0 Å². The molecule has 0 aromatic heterocycles. The Bertz CT molecular complexity index is 246. The van der Waals surface area contributed by atoms with Crippen molar-refractivity contribution in [2.75, 3.05) is 40.3 Å². The second-order valence-corrected chi connectivity index (χ2v) is 5.55. The van der Waals surface area contributed by atoms with Crippen molar-refractivity contribution in [3.05, 3.63) is 12.2 Å². The van der Waals surface area contributed by atoms with Crippen LogP contribution in [0.3, 0.4) is 0 Å². The number of nitrogens with one attached hydrogen (secondary N) is 1. The van der Waals surface area contributed by atoms with Gasteiger partial charge in [-0.05, 0) is 38.9 Å². The maximum absolute atomic E-state index is 4.17. The number of hydrogen-bond donors (Lipinski definition) is 1. The maximum atomic E-state index is 4.17. The molecule has 1 atom stereocenters. The van der Waals surface area contributed by atoms with Crippen LogP contribution < -0.4 is 5.32 Å². The third-order valence-electron chi connectivity index (χ3n) is 3.64. The molecule has 1 aliphatic heterocycles. The minimum Gasteiger partial charge on any atom is -0.310 e. The molecule has 3 heteroatoms. The van der Waals surface area contributed by atoms with Crippen LogP contribution in [0.2, 0.25) is 0 Å². The summed E-state index contributed by atoms with van der Waals surface area (Å²) >= 11 is 0. The molecular weight excluding hydrogens is 198 g/mol. The van der Waals surface area contributed by atoms with Crippen LogP contribution in [0.25, 0.3) is 0 Å². The third kappa shape index (κ3) is 3.58. The Hall–Kier alpha value is -0.380. The zero-order valence-electron chi connectivity index (χ0n) is 10.7. The predicted octanol–water partition coefficient (Wildman–Crippen LogP) is 0.930. The summed E-state index contributed by atoms with van der Waals surface area (Å²) in [6.45, 7) is 8.68. The largest absolute Gasteiger partial charge is 0.310 e. The average molecular weight is 223 g/mol. The van der Waals surface area contributed by atoms with E-state index in [-0.39, 0.29) is 0 Å². The molecule has 2 rings (SSSR count). The molecule has 16 heavy (non-hydrogen) atoms. The lowest BCUT2D eigenvalue weighted by Gasteiger charge is -2.21. The molecule has 1 aliphatic carbocycles. The number of nitrogens with zero attached hydrogens (tertiary/aromatic N) is 2. The first-order valence-electron chi connectivity index (χ1n) is 6.44. The standard InChI is InChI=1S/C13H25N3/c1-11(8-14-12-4-5-12)9-16-7-6-13(10-16)15(2)3/h12-14H,1,4-10H2,2-3H3. The fourth-order valence-electron chi connectivity index (χ4n) is 2.33. The average Bonchev–Trinajstić information content (AvgIpc) is 2.95. The van der Waals surface area contributed by atoms with Crippen LogP contribution >= 0.6 is 0 Å². The summed E-state index contributed by atoms with van der Waals surface area (Å²) in [6, 6.07) is 1.54. The summed E-state index contributed by atoms with van der Waals surface area (Å²) in [5.41, 5.74) is 1.34. The van der Waals surface area contributed by atoms with Crippen LogP contribution in [0.1, 0.15) is 19.3 Å². The predicted molar refractivity (Wildman–Crippen MR) is 68.7 cm³/mol. The molecule has 92 valence electrons. The van der Waals surface area contributed by atoms with Gasteiger partial charge in [0.2, 0.25) is 0 Å². The Morgan fingerprint density at radius 2 is 2.12 bits per heavy atom. The Balaban J connectivity index is 1.63. The first-order chi connectivity index (χ1) is 7.65. The Morgan fingerprint density at radius 1 is 1.38 bits per heavy atom. The van der Waals surface area contributed by atoms with Crippen LogP contribution in [0, 0.1) is 0 Å². The van der Waals surface area contributed by atoms with Crippen molar-refractivity contribution in [2.45, 2.75) is 31.3 Å². The van der Waals surface area contributed by atoms with Crippen molar-refractivity contribution in [3.63, 3.8) is 0 Å². The van der Waals surface area contributed by atoms with Gasteiger partial charge in [0.1, 0.15) is 0 Å². The molecule has 1 saturated heterocycles. The van der Waals surface area contributed by atoms with E-state index in [1.807, 2.05) is 0 Å². The van der Waals surface area contributed by atoms with Gasteiger partial charge in [0.05, 0.1) is 0 Å². The second kappa shape index (κ2) is 5.30. The Labute approximate surface area is 99.5 Å². The molecule has 0 radical (unpaired) electrons. The van der Waals surface area contributed by atoms with Gasteiger partial charge in [-0.3, -0.25) is 4.90 Å². The fourth-order valence-corrected chi connectivity index (χ4v) is 2.33. The lowest BCUT2D eigenvalue weighted by Crippen LogP contribution is -2.33. The van der Waals surface area contributed by atoms with Crippen molar-refractivity contribution >= 4 is 0 Å². The zero-order valence-corrected chi connectivity index (χ0v) is 10.7. The van der Waals surface area contributed by atoms with Gasteiger partial charge in [-0.1, -0.05) is 6.58 Å². The summed E-state index contributed by atoms with van der Waals surface area (Å²) < 4.78 is 0. The second-order valence-electron chi connectivity index (χ2n) is 5.55. The third-order valence-corrected chi connectivity index (χ3v) is 3.64. The SMILES string of the molecule is C=C(CNC1CC1)CN1CCC(N(C)C)C1. The Morgan fingerprint density at radius 3 is 2.69 bits per heavy atom. The highest BCUT2D eigenvalue weighted by atomic mass is 15.2. The fraction of sp³-hybridized carbons (Fsp3) is 0.846. The van der Waals surface area contributed by atoms with Gasteiger partial charge in [-0.25, -0.2) is 0 Å². The summed E-state index contributed by atoms with van der Waals surface area (Å²) in [5, 5.41) is 3.53. The maximum Gasteiger partial charge on any atom is 0.0229 e. The van der Waals surface area contributed by atoms with E-state index in [4.69, 9.17) is 0 Å². The molecule has 1 unspecified atom stereocenters. The molecule has 1 saturated carbocycles. The first kappa shape index (κ1) is 12.1. The summed E-state index contributed by atoms with van der Waals surface area (Å²) in [6.07, 6.45) is 4.02. The summed E-state index contributed by atoms with van der Waals surface area (Å²) in [5.74, 6) is 0. The van der Waals surface area contributed by atoms with Crippen LogP contribution in [0.5, 0.6) is 0 Å². The van der Waals surface area contributed by atoms with Gasteiger partial charge in [-0.15, -0.1) is 0 Å². The highest BCUT2D eigenvalue weighted by Gasteiger charge is 2.24. The highest BCUT2D eigenvalue weighted by molar-refractivity contribution is 5.03. The van der Waals surface area contributed by atoms with Crippen LogP contribution in [-0.2, 0) is 0 Å². The Kier molecular flexibility index (Phi) is 4.00. The lowest BCUT2D eigenvalue weighted by atomic mass is 10.2. The van der Waals surface area contributed by atoms with E-state index in [0.717, 1.165) is 25.2 Å². The zero-order chi connectivity index (χ0) is 11.5. The molecule has 0 aromatic rings. The minimum absolute atomic E-state index is 0.740. The van der Waals surface area contributed by atoms with E-state index in [1.54, 1.807) is 0 Å². The quantitative estimate of drug-likeness (QED) is 0.676. The monoisotopic (exact) mass is 223 g/mol. The number of rotatable bonds is 6. The normalized spacial score (nSPS) is 26.6. The smallest absolute Gasteiger partial charge is 0.0229 e. The van der Waals surface area contributed by atoms with Gasteiger partial charge in [0, 0.05) is 38.3 Å². The van der Waals surface area contributed by atoms with Gasteiger partial charge in [0.25, 0.3) is 0 Å². The molecule has 2 fully saturated rings. The van der Waals surface area contributed by atoms with E-state index in [9.17, 15) is 0 Å². The van der Waals surface area contributed by atoms with Crippen molar-refractivity contribution < 1.29 is 0 Å². The lowest BCUT2D eigenvalue weighted by molar-refractivity contribution is 0.277. The topological polar surface area (TPSA) is 18.5 Å². The molecular formula is C13H25N3. The van der Waals surface area contributed by atoms with Crippen molar-refractivity contribution in [2.24, 2.45) is 0 Å². The van der Waals surface area contributed by atoms with Crippen LogP contribution in [0.15, 0.2) is 12.2 Å². The van der Waals surface area contributed by atoms with Crippen molar-refractivity contribution in [1.82, 2.24) is 15.1 Å². The number of likely N-dealkylation sites (tertiary alicyclic amines) is 1. The van der Waals surface area contributed by atoms with Gasteiger partial charge >= 0.3 is 0 Å². The van der Waals surface area contributed by atoms with E-state index in [0.29, 0.717) is 0 Å². The molecule has 0 amide bonds. The molecule has 3 nitrogen and oxygen atoms in total. The summed E-state index contributed by atoms with van der Waals surface area (Å²) in [7, 11) is 4.36. The van der Waals surface area contributed by atoms with Crippen LogP contribution in [-0.4, -0.2) is 62.2 Å². The molecule has 0 spiro atoms. The molecule has 1 N–H and O–H groups in total. The summed E-state index contributed by atoms with van der Waals surface area (Å²) in [4.78, 5) is 4.87. The van der Waals surface area contributed by atoms with Gasteiger partial charge < -0.3 is 10.2 Å². The molecule has 0 bridgehead atoms. The van der Waals surface area contributed by atoms with Gasteiger partial charge in [0.15, 0.2) is 0 Å². The van der Waals surface area contributed by atoms with Crippen molar-refractivity contribution in [3.8, 4) is 0 Å². The van der Waals surface area contributed by atoms with Gasteiger partial charge in [-0.2, -0.15) is 0 Å². The number of likely N-dealkylation sites (N-methyl/N-ethyl adjacent to an activating group) is 1. The van der Waals surface area contributed by atoms with E-state index >= 15 is 0 Å². The first-order valence-corrected chi connectivity index (χ1v) is 6.44.